The van der Waals surface area contributed by atoms with E-state index in [4.69, 9.17) is 0 Å². The molecule has 14 heavy (non-hydrogen) atoms. The Balaban J connectivity index is 3.06. The van der Waals surface area contributed by atoms with Gasteiger partial charge in [-0.05, 0) is 6.07 Å². The zero-order chi connectivity index (χ0) is 10.3. The molecule has 0 unspecified atom stereocenters. The second kappa shape index (κ2) is 2.87. The topological polar surface area (TPSA) is 23.1 Å². The summed E-state index contributed by atoms with van der Waals surface area (Å²) in [5.41, 5.74) is 0.892. The van der Waals surface area contributed by atoms with Crippen LogP contribution in [0.1, 0.15) is 6.92 Å². The molecule has 0 fully saturated rings. The number of hydrogen-bond acceptors (Lipinski definition) is 1. The lowest BCUT2D eigenvalue weighted by Gasteiger charge is -2.00. The molecule has 2 rings (SSSR count). The van der Waals surface area contributed by atoms with Gasteiger partial charge in [-0.25, -0.2) is 0 Å². The van der Waals surface area contributed by atoms with Crippen LogP contribution in [-0.2, 0) is 0 Å². The zero-order valence-corrected chi connectivity index (χ0v) is 8.32. The van der Waals surface area contributed by atoms with E-state index in [1.165, 1.54) is 4.58 Å². The first kappa shape index (κ1) is 8.81. The summed E-state index contributed by atoms with van der Waals surface area (Å²) in [6.07, 6.45) is 0. The average Bonchev–Trinajstić information content (AvgIpc) is 2.23. The van der Waals surface area contributed by atoms with Crippen molar-refractivity contribution in [2.45, 2.75) is 6.92 Å². The molecule has 0 aliphatic carbocycles. The van der Waals surface area contributed by atoms with Crippen LogP contribution in [0.2, 0.25) is 0 Å². The van der Waals surface area contributed by atoms with Crippen molar-refractivity contribution in [3.63, 3.8) is 0 Å². The second-order valence-electron chi connectivity index (χ2n) is 3.37. The number of fused-ring (bicyclic) bond motifs is 1. The molecule has 0 atom stereocenters. The standard InChI is InChI=1S/C11H12N2O/c1-8-9-6-4-5-7-10(9)13(3)11(14)12(8)2/h4-7H,2H2,1,3H3/q+2. The van der Waals surface area contributed by atoms with E-state index >= 15 is 0 Å². The average molecular weight is 188 g/mol. The number of carbonyl (C=O) groups excluding carboxylic acids is 1. The lowest BCUT2D eigenvalue weighted by atomic mass is 10.2. The van der Waals surface area contributed by atoms with E-state index in [0.717, 1.165) is 16.3 Å². The van der Waals surface area contributed by atoms with Crippen molar-refractivity contribution in [1.82, 2.24) is 4.58 Å². The van der Waals surface area contributed by atoms with Gasteiger partial charge in [0.15, 0.2) is 0 Å². The molecule has 0 aromatic heterocycles. The first-order valence-corrected chi connectivity index (χ1v) is 4.44. The Morgan fingerprint density at radius 1 is 1.29 bits per heavy atom. The van der Waals surface area contributed by atoms with Crippen molar-refractivity contribution in [3.8, 4) is 0 Å². The number of hydrogen-bond donors (Lipinski definition) is 0. The molecule has 0 saturated carbocycles. The van der Waals surface area contributed by atoms with E-state index in [0.29, 0.717) is 0 Å². The first-order valence-electron chi connectivity index (χ1n) is 4.44. The van der Waals surface area contributed by atoms with Gasteiger partial charge in [-0.3, -0.25) is 0 Å². The molecule has 1 aliphatic rings. The van der Waals surface area contributed by atoms with Gasteiger partial charge in [0.1, 0.15) is 19.0 Å². The summed E-state index contributed by atoms with van der Waals surface area (Å²) >= 11 is 0. The van der Waals surface area contributed by atoms with Crippen LogP contribution in [0.25, 0.3) is 5.70 Å². The van der Waals surface area contributed by atoms with Crippen LogP contribution in [0.3, 0.4) is 0 Å². The van der Waals surface area contributed by atoms with Gasteiger partial charge in [0, 0.05) is 13.0 Å². The molecule has 3 nitrogen and oxygen atoms in total. The Bertz CT molecular complexity index is 504. The number of para-hydroxylation sites is 1. The highest BCUT2D eigenvalue weighted by molar-refractivity contribution is 5.74. The fourth-order valence-electron chi connectivity index (χ4n) is 1.65. The Kier molecular flexibility index (Phi) is 1.81. The van der Waals surface area contributed by atoms with Crippen molar-refractivity contribution in [2.75, 3.05) is 7.05 Å². The Hall–Kier alpha value is -1.77. The molecule has 0 bridgehead atoms. The molecular weight excluding hydrogens is 176 g/mol. The summed E-state index contributed by atoms with van der Waals surface area (Å²) in [6, 6.07) is 7.71. The second-order valence-corrected chi connectivity index (χ2v) is 3.37. The predicted molar refractivity (Wildman–Crippen MR) is 54.7 cm³/mol. The summed E-state index contributed by atoms with van der Waals surface area (Å²) in [4.78, 5) is 11.7. The van der Waals surface area contributed by atoms with Crippen LogP contribution in [-0.4, -0.2) is 24.4 Å². The Morgan fingerprint density at radius 3 is 2.64 bits per heavy atom. The SMILES string of the molecule is C=[N+]1C(=O)[N+](C)=c2ccccc2=C1C. The van der Waals surface area contributed by atoms with Gasteiger partial charge in [-0.1, -0.05) is 21.3 Å². The smallest absolute Gasteiger partial charge is 0.151 e. The number of urea groups is 1. The van der Waals surface area contributed by atoms with E-state index in [1.54, 1.807) is 11.6 Å². The summed E-state index contributed by atoms with van der Waals surface area (Å²) in [6.45, 7) is 5.61. The summed E-state index contributed by atoms with van der Waals surface area (Å²) in [5.74, 6) is 0. The van der Waals surface area contributed by atoms with Gasteiger partial charge in [-0.15, -0.1) is 0 Å². The van der Waals surface area contributed by atoms with Crippen LogP contribution in [0.5, 0.6) is 0 Å². The molecule has 1 aromatic carbocycles. The van der Waals surface area contributed by atoms with Crippen LogP contribution in [0, 0.1) is 0 Å². The Morgan fingerprint density at radius 2 is 1.93 bits per heavy atom. The Labute approximate surface area is 81.9 Å². The number of benzene rings is 1. The number of rotatable bonds is 0. The lowest BCUT2D eigenvalue weighted by Crippen LogP contribution is -2.50. The molecule has 0 spiro atoms. The lowest BCUT2D eigenvalue weighted by molar-refractivity contribution is -0.321. The van der Waals surface area contributed by atoms with Gasteiger partial charge >= 0.3 is 6.03 Å². The minimum atomic E-state index is -0.0961. The van der Waals surface area contributed by atoms with E-state index in [1.807, 2.05) is 31.2 Å². The minimum Gasteiger partial charge on any atom is -0.151 e. The largest absolute Gasteiger partial charge is 0.677 e. The van der Waals surface area contributed by atoms with Crippen LogP contribution in [0.4, 0.5) is 4.79 Å². The zero-order valence-electron chi connectivity index (χ0n) is 8.32. The molecule has 1 heterocycles. The van der Waals surface area contributed by atoms with E-state index in [-0.39, 0.29) is 6.03 Å². The molecular formula is C11H12N2O+2. The van der Waals surface area contributed by atoms with Crippen molar-refractivity contribution in [2.24, 2.45) is 0 Å². The highest BCUT2D eigenvalue weighted by Gasteiger charge is 2.33. The highest BCUT2D eigenvalue weighted by Crippen LogP contribution is 1.95. The molecule has 3 heteroatoms. The van der Waals surface area contributed by atoms with Crippen molar-refractivity contribution in [1.29, 1.82) is 0 Å². The number of carbonyl (C=O) groups is 1. The fourth-order valence-corrected chi connectivity index (χ4v) is 1.65. The van der Waals surface area contributed by atoms with Gasteiger partial charge in [0.2, 0.25) is 11.1 Å². The van der Waals surface area contributed by atoms with Crippen molar-refractivity contribution in [3.05, 3.63) is 34.8 Å². The third-order valence-electron chi connectivity index (χ3n) is 2.58. The molecule has 2 amide bonds. The maximum absolute atomic E-state index is 11.7. The maximum atomic E-state index is 11.7. The summed E-state index contributed by atoms with van der Waals surface area (Å²) < 4.78 is 3.03. The number of amides is 2. The maximum Gasteiger partial charge on any atom is 0.677 e. The number of nitrogens with zero attached hydrogens (tertiary/aromatic N) is 2. The molecule has 1 aromatic rings. The van der Waals surface area contributed by atoms with Gasteiger partial charge in [0.05, 0.1) is 0 Å². The monoisotopic (exact) mass is 188 g/mol. The molecule has 1 aliphatic heterocycles. The summed E-state index contributed by atoms with van der Waals surface area (Å²) in [5, 5.41) is 2.00. The van der Waals surface area contributed by atoms with E-state index in [2.05, 4.69) is 6.72 Å². The third kappa shape index (κ3) is 1.02. The fraction of sp³-hybridized carbons (Fsp3) is 0.182. The van der Waals surface area contributed by atoms with E-state index < -0.39 is 0 Å². The van der Waals surface area contributed by atoms with Crippen LogP contribution >= 0.6 is 0 Å². The summed E-state index contributed by atoms with van der Waals surface area (Å²) in [7, 11) is 1.76. The third-order valence-corrected chi connectivity index (χ3v) is 2.58. The first-order chi connectivity index (χ1) is 6.63. The highest BCUT2D eigenvalue weighted by atomic mass is 16.2. The van der Waals surface area contributed by atoms with Crippen LogP contribution < -0.4 is 15.2 Å². The predicted octanol–water partition coefficient (Wildman–Crippen LogP) is -0.218. The van der Waals surface area contributed by atoms with Crippen molar-refractivity contribution < 1.29 is 9.37 Å². The minimum absolute atomic E-state index is 0.0961. The van der Waals surface area contributed by atoms with E-state index in [9.17, 15) is 4.79 Å². The van der Waals surface area contributed by atoms with Gasteiger partial charge < -0.3 is 0 Å². The van der Waals surface area contributed by atoms with Crippen LogP contribution in [0.15, 0.2) is 24.3 Å². The molecule has 70 valence electrons. The normalized spacial score (nSPS) is 15.9. The molecule has 0 saturated heterocycles. The van der Waals surface area contributed by atoms with Gasteiger partial charge in [0.25, 0.3) is 0 Å². The molecule has 0 radical (unpaired) electrons. The molecule has 0 N–H and O–H groups in total. The quantitative estimate of drug-likeness (QED) is 0.516. The van der Waals surface area contributed by atoms with Crippen molar-refractivity contribution >= 4 is 18.4 Å². The van der Waals surface area contributed by atoms with Gasteiger partial charge in [-0.2, -0.15) is 4.79 Å².